The van der Waals surface area contributed by atoms with Crippen molar-refractivity contribution in [2.45, 2.75) is 37.1 Å². The highest BCUT2D eigenvalue weighted by molar-refractivity contribution is 7.89. The second-order valence-corrected chi connectivity index (χ2v) is 9.23. The van der Waals surface area contributed by atoms with Crippen molar-refractivity contribution < 1.29 is 17.9 Å². The molecule has 0 spiro atoms. The van der Waals surface area contributed by atoms with Crippen LogP contribution in [0.2, 0.25) is 5.02 Å². The Hall–Kier alpha value is -1.89. The summed E-state index contributed by atoms with van der Waals surface area (Å²) in [6.07, 6.45) is 0. The van der Waals surface area contributed by atoms with Gasteiger partial charge in [0.1, 0.15) is 4.90 Å². The van der Waals surface area contributed by atoms with Crippen molar-refractivity contribution in [1.82, 2.24) is 4.31 Å². The molecular formula is C20H22ClNO4S. The van der Waals surface area contributed by atoms with E-state index in [1.165, 1.54) is 11.4 Å². The molecule has 0 aromatic heterocycles. The molecule has 0 aliphatic carbocycles. The standard InChI is InChI=1S/C20H22ClNO4S/c1-13(2)14-8-9-18(21)19(10-14)27(24,25)22-11-15-6-4-5-7-16(15)17(12-22)20(23)26-3/h4-10,13,17H,11-12H2,1-3H3. The molecule has 0 bridgehead atoms. The number of methoxy groups -OCH3 is 1. The lowest BCUT2D eigenvalue weighted by molar-refractivity contribution is -0.142. The van der Waals surface area contributed by atoms with Gasteiger partial charge in [0.15, 0.2) is 0 Å². The quantitative estimate of drug-likeness (QED) is 0.720. The normalized spacial score (nSPS) is 17.6. The molecule has 1 aliphatic heterocycles. The summed E-state index contributed by atoms with van der Waals surface area (Å²) < 4.78 is 32.9. The number of benzene rings is 2. The molecule has 2 aromatic rings. The van der Waals surface area contributed by atoms with Gasteiger partial charge in [-0.1, -0.05) is 55.8 Å². The zero-order chi connectivity index (χ0) is 19.8. The lowest BCUT2D eigenvalue weighted by atomic mass is 9.91. The minimum Gasteiger partial charge on any atom is -0.469 e. The van der Waals surface area contributed by atoms with E-state index in [1.54, 1.807) is 12.1 Å². The van der Waals surface area contributed by atoms with Crippen molar-refractivity contribution in [2.24, 2.45) is 0 Å². The van der Waals surface area contributed by atoms with E-state index in [2.05, 4.69) is 0 Å². The third kappa shape index (κ3) is 3.74. The number of ether oxygens (including phenoxy) is 1. The van der Waals surface area contributed by atoms with Gasteiger partial charge in [0, 0.05) is 13.1 Å². The van der Waals surface area contributed by atoms with E-state index >= 15 is 0 Å². The van der Waals surface area contributed by atoms with Gasteiger partial charge in [-0.15, -0.1) is 0 Å². The minimum atomic E-state index is -3.87. The third-order valence-electron chi connectivity index (χ3n) is 4.89. The van der Waals surface area contributed by atoms with Crippen molar-refractivity contribution in [3.8, 4) is 0 Å². The van der Waals surface area contributed by atoms with Crippen LogP contribution in [0.15, 0.2) is 47.4 Å². The highest BCUT2D eigenvalue weighted by Crippen LogP contribution is 2.35. The molecule has 0 radical (unpaired) electrons. The molecule has 0 saturated heterocycles. The van der Waals surface area contributed by atoms with Crippen LogP contribution in [-0.2, 0) is 26.1 Å². The van der Waals surface area contributed by atoms with E-state index in [9.17, 15) is 13.2 Å². The number of carbonyl (C=O) groups is 1. The van der Waals surface area contributed by atoms with Crippen LogP contribution in [0.5, 0.6) is 0 Å². The highest BCUT2D eigenvalue weighted by Gasteiger charge is 2.37. The van der Waals surface area contributed by atoms with Crippen LogP contribution >= 0.6 is 11.6 Å². The van der Waals surface area contributed by atoms with Gasteiger partial charge in [0.25, 0.3) is 0 Å². The highest BCUT2D eigenvalue weighted by atomic mass is 35.5. The van der Waals surface area contributed by atoms with Gasteiger partial charge in [0.2, 0.25) is 10.0 Å². The van der Waals surface area contributed by atoms with Crippen molar-refractivity contribution >= 4 is 27.6 Å². The maximum atomic E-state index is 13.3. The van der Waals surface area contributed by atoms with Crippen LogP contribution in [0.4, 0.5) is 0 Å². The van der Waals surface area contributed by atoms with Crippen molar-refractivity contribution in [3.05, 3.63) is 64.2 Å². The number of sulfonamides is 1. The van der Waals surface area contributed by atoms with E-state index in [4.69, 9.17) is 16.3 Å². The summed E-state index contributed by atoms with van der Waals surface area (Å²) in [5.41, 5.74) is 2.48. The minimum absolute atomic E-state index is 0.0221. The molecule has 0 amide bonds. The Morgan fingerprint density at radius 3 is 2.59 bits per heavy atom. The number of hydrogen-bond acceptors (Lipinski definition) is 4. The van der Waals surface area contributed by atoms with Crippen molar-refractivity contribution in [1.29, 1.82) is 0 Å². The fourth-order valence-corrected chi connectivity index (χ4v) is 5.26. The van der Waals surface area contributed by atoms with Gasteiger partial charge in [-0.05, 0) is 34.7 Å². The Labute approximate surface area is 165 Å². The molecule has 27 heavy (non-hydrogen) atoms. The lowest BCUT2D eigenvalue weighted by Crippen LogP contribution is -2.41. The van der Waals surface area contributed by atoms with E-state index in [-0.39, 0.29) is 28.9 Å². The number of hydrogen-bond donors (Lipinski definition) is 0. The summed E-state index contributed by atoms with van der Waals surface area (Å²) in [4.78, 5) is 12.3. The number of rotatable bonds is 4. The first-order valence-corrected chi connectivity index (χ1v) is 10.5. The maximum absolute atomic E-state index is 13.3. The summed E-state index contributed by atoms with van der Waals surface area (Å²) in [5.74, 6) is -0.952. The first-order chi connectivity index (χ1) is 12.8. The average molecular weight is 408 g/mol. The van der Waals surface area contributed by atoms with E-state index in [0.29, 0.717) is 0 Å². The summed E-state index contributed by atoms with van der Waals surface area (Å²) in [5, 5.41) is 0.174. The largest absolute Gasteiger partial charge is 0.469 e. The van der Waals surface area contributed by atoms with Crippen LogP contribution in [-0.4, -0.2) is 32.3 Å². The average Bonchev–Trinajstić information content (AvgIpc) is 2.66. The number of esters is 1. The molecule has 2 aromatic carbocycles. The number of halogens is 1. The second kappa shape index (κ2) is 7.62. The SMILES string of the molecule is COC(=O)C1CN(S(=O)(=O)c2cc(C(C)C)ccc2Cl)Cc2ccccc21. The fourth-order valence-electron chi connectivity index (χ4n) is 3.32. The van der Waals surface area contributed by atoms with Gasteiger partial charge in [0.05, 0.1) is 18.1 Å². The zero-order valence-electron chi connectivity index (χ0n) is 15.5. The van der Waals surface area contributed by atoms with Gasteiger partial charge in [-0.25, -0.2) is 8.42 Å². The summed E-state index contributed by atoms with van der Waals surface area (Å²) in [6.45, 7) is 4.19. The Kier molecular flexibility index (Phi) is 5.60. The van der Waals surface area contributed by atoms with Crippen molar-refractivity contribution in [3.63, 3.8) is 0 Å². The van der Waals surface area contributed by atoms with Gasteiger partial charge < -0.3 is 4.74 Å². The van der Waals surface area contributed by atoms with E-state index < -0.39 is 21.9 Å². The molecule has 3 rings (SSSR count). The zero-order valence-corrected chi connectivity index (χ0v) is 17.0. The first-order valence-electron chi connectivity index (χ1n) is 8.71. The summed E-state index contributed by atoms with van der Waals surface area (Å²) >= 11 is 6.23. The molecule has 1 atom stereocenters. The number of carbonyl (C=O) groups excluding carboxylic acids is 1. The molecule has 144 valence electrons. The molecular weight excluding hydrogens is 386 g/mol. The predicted molar refractivity (Wildman–Crippen MR) is 104 cm³/mol. The number of fused-ring (bicyclic) bond motifs is 1. The maximum Gasteiger partial charge on any atom is 0.314 e. The van der Waals surface area contributed by atoms with Gasteiger partial charge >= 0.3 is 5.97 Å². The lowest BCUT2D eigenvalue weighted by Gasteiger charge is -2.32. The number of nitrogens with zero attached hydrogens (tertiary/aromatic N) is 1. The third-order valence-corrected chi connectivity index (χ3v) is 7.18. The van der Waals surface area contributed by atoms with Gasteiger partial charge in [-0.3, -0.25) is 4.79 Å². The molecule has 0 saturated carbocycles. The Morgan fingerprint density at radius 1 is 1.22 bits per heavy atom. The Balaban J connectivity index is 2.06. The topological polar surface area (TPSA) is 63.7 Å². The Bertz CT molecular complexity index is 972. The van der Waals surface area contributed by atoms with Crippen LogP contribution in [0, 0.1) is 0 Å². The molecule has 1 unspecified atom stereocenters. The Morgan fingerprint density at radius 2 is 1.93 bits per heavy atom. The molecule has 7 heteroatoms. The van der Waals surface area contributed by atoms with Crippen LogP contribution < -0.4 is 0 Å². The van der Waals surface area contributed by atoms with E-state index in [0.717, 1.165) is 16.7 Å². The summed E-state index contributed by atoms with van der Waals surface area (Å²) in [7, 11) is -2.57. The monoisotopic (exact) mass is 407 g/mol. The van der Waals surface area contributed by atoms with Crippen LogP contribution in [0.25, 0.3) is 0 Å². The summed E-state index contributed by atoms with van der Waals surface area (Å²) in [6, 6.07) is 12.4. The van der Waals surface area contributed by atoms with E-state index in [1.807, 2.05) is 44.2 Å². The predicted octanol–water partition coefficient (Wildman–Crippen LogP) is 3.92. The molecule has 0 N–H and O–H groups in total. The smallest absolute Gasteiger partial charge is 0.314 e. The molecule has 5 nitrogen and oxygen atoms in total. The second-order valence-electron chi connectivity index (χ2n) is 6.92. The fraction of sp³-hybridized carbons (Fsp3) is 0.350. The molecule has 1 heterocycles. The van der Waals surface area contributed by atoms with Crippen LogP contribution in [0.1, 0.15) is 42.4 Å². The van der Waals surface area contributed by atoms with Gasteiger partial charge in [-0.2, -0.15) is 4.31 Å². The molecule has 1 aliphatic rings. The van der Waals surface area contributed by atoms with Crippen molar-refractivity contribution in [2.75, 3.05) is 13.7 Å². The molecule has 0 fully saturated rings. The first kappa shape index (κ1) is 19.9. The van der Waals surface area contributed by atoms with Crippen LogP contribution in [0.3, 0.4) is 0 Å².